The third kappa shape index (κ3) is 7.85. The smallest absolute Gasteiger partial charge is 0.264 e. The van der Waals surface area contributed by atoms with E-state index in [0.29, 0.717) is 44.3 Å². The summed E-state index contributed by atoms with van der Waals surface area (Å²) in [7, 11) is -2.54. The molecule has 278 valence electrons. The number of amides is 1. The molecule has 2 aromatic carbocycles. The van der Waals surface area contributed by atoms with E-state index in [2.05, 4.69) is 32.7 Å². The second kappa shape index (κ2) is 15.7. The second-order valence-electron chi connectivity index (χ2n) is 14.9. The third-order valence-corrected chi connectivity index (χ3v) is 14.1. The lowest BCUT2D eigenvalue weighted by Crippen LogP contribution is -2.50. The molecule has 6 atom stereocenters. The lowest BCUT2D eigenvalue weighted by Gasteiger charge is -2.46. The number of nitrogens with one attached hydrogen (secondary N) is 1. The van der Waals surface area contributed by atoms with Gasteiger partial charge >= 0.3 is 0 Å². The molecule has 1 spiro atoms. The Morgan fingerprint density at radius 2 is 1.96 bits per heavy atom. The van der Waals surface area contributed by atoms with Crippen molar-refractivity contribution in [3.8, 4) is 5.75 Å². The van der Waals surface area contributed by atoms with Crippen molar-refractivity contribution in [3.05, 3.63) is 70.3 Å². The number of morpholine rings is 1. The number of carbonyl (C=O) groups excluding carboxylic acids is 1. The maximum Gasteiger partial charge on any atom is 0.264 e. The Morgan fingerprint density at radius 1 is 1.12 bits per heavy atom. The van der Waals surface area contributed by atoms with Crippen LogP contribution in [0.2, 0.25) is 5.02 Å². The first-order valence-corrected chi connectivity index (χ1v) is 20.6. The summed E-state index contributed by atoms with van der Waals surface area (Å²) >= 11 is 6.47. The Morgan fingerprint density at radius 3 is 2.73 bits per heavy atom. The highest BCUT2D eigenvalue weighted by atomic mass is 35.5. The fourth-order valence-corrected chi connectivity index (χ4v) is 10.7. The minimum atomic E-state index is -4.07. The molecule has 2 aliphatic carbocycles. The Labute approximate surface area is 307 Å². The van der Waals surface area contributed by atoms with Crippen LogP contribution in [0, 0.1) is 11.8 Å². The standard InChI is InChI=1S/C39H52ClN3O7S/c1-3-37-36(47-2)8-4-7-34(49-21-18-42-16-19-48-20-17-42)31-12-9-29(31)24-43-25-39(15-5-6-27-22-30(40)11-13-32(27)39)26-50-35-14-10-28(23-33(35)43)38(44)41-51(37,45)46/h4,7,10-11,13-14,22-23,29,31,34,36-37H,3,5-6,8-9,12,15-21,24-26H2,1-2H3,(H,41,44)/b7-4+/t29-,31+,34-,36-,37+,39-/m0/s1. The highest BCUT2D eigenvalue weighted by Gasteiger charge is 2.45. The number of methoxy groups -OCH3 is 1. The van der Waals surface area contributed by atoms with Crippen molar-refractivity contribution in [3.63, 3.8) is 0 Å². The SMILES string of the molecule is CC[C@@H]1[C@@H](OC)C/C=C/[C@H](OCCN2CCOCC2)[C@@H]2CC[C@H]2CN2C[C@@]3(CCCc4cc(Cl)ccc43)COc3ccc(cc32)C(=O)NS1(=O)=O. The average molecular weight is 742 g/mol. The number of nitrogens with zero attached hydrogens (tertiary/aromatic N) is 2. The van der Waals surface area contributed by atoms with Crippen molar-refractivity contribution in [2.75, 3.05) is 71.2 Å². The maximum atomic E-state index is 13.7. The predicted molar refractivity (Wildman–Crippen MR) is 198 cm³/mol. The number of aryl methyl sites for hydroxylation is 1. The second-order valence-corrected chi connectivity index (χ2v) is 17.3. The van der Waals surface area contributed by atoms with Crippen LogP contribution in [0.1, 0.15) is 66.9 Å². The van der Waals surface area contributed by atoms with Gasteiger partial charge in [-0.3, -0.25) is 9.69 Å². The van der Waals surface area contributed by atoms with Crippen molar-refractivity contribution in [2.24, 2.45) is 11.8 Å². The number of halogens is 1. The van der Waals surface area contributed by atoms with E-state index in [1.165, 1.54) is 18.2 Å². The molecule has 2 aromatic rings. The topological polar surface area (TPSA) is 107 Å². The fraction of sp³-hybridized carbons (Fsp3) is 0.615. The summed E-state index contributed by atoms with van der Waals surface area (Å²) in [5.41, 5.74) is 3.38. The minimum Gasteiger partial charge on any atom is -0.490 e. The van der Waals surface area contributed by atoms with Crippen molar-refractivity contribution >= 4 is 33.2 Å². The van der Waals surface area contributed by atoms with E-state index in [-0.39, 0.29) is 23.0 Å². The molecule has 5 aliphatic rings. The van der Waals surface area contributed by atoms with E-state index in [0.717, 1.165) is 82.2 Å². The van der Waals surface area contributed by atoms with Crippen LogP contribution in [0.4, 0.5) is 5.69 Å². The summed E-state index contributed by atoms with van der Waals surface area (Å²) in [6.45, 7) is 8.55. The minimum absolute atomic E-state index is 0.118. The summed E-state index contributed by atoms with van der Waals surface area (Å²) in [6.07, 6.45) is 9.19. The first kappa shape index (κ1) is 36.7. The van der Waals surface area contributed by atoms with Gasteiger partial charge < -0.3 is 23.8 Å². The summed E-state index contributed by atoms with van der Waals surface area (Å²) in [5, 5.41) is -0.173. The molecule has 0 aromatic heterocycles. The van der Waals surface area contributed by atoms with Gasteiger partial charge in [-0.2, -0.15) is 0 Å². The summed E-state index contributed by atoms with van der Waals surface area (Å²) in [6, 6.07) is 11.6. The Balaban J connectivity index is 1.25. The summed E-state index contributed by atoms with van der Waals surface area (Å²) in [5.74, 6) is 0.693. The molecule has 1 N–H and O–H groups in total. The van der Waals surface area contributed by atoms with Crippen LogP contribution in [0.3, 0.4) is 0 Å². The van der Waals surface area contributed by atoms with Gasteiger partial charge in [-0.1, -0.05) is 36.7 Å². The highest BCUT2D eigenvalue weighted by molar-refractivity contribution is 7.90. The van der Waals surface area contributed by atoms with E-state index in [1.807, 2.05) is 31.2 Å². The Kier molecular flexibility index (Phi) is 11.3. The maximum absolute atomic E-state index is 13.7. The molecule has 2 bridgehead atoms. The molecule has 0 radical (unpaired) electrons. The van der Waals surface area contributed by atoms with Gasteiger partial charge in [-0.15, -0.1) is 0 Å². The fourth-order valence-electron chi connectivity index (χ4n) is 8.95. The lowest BCUT2D eigenvalue weighted by atomic mass is 9.68. The van der Waals surface area contributed by atoms with Crippen LogP contribution < -0.4 is 14.4 Å². The molecule has 1 saturated carbocycles. The van der Waals surface area contributed by atoms with E-state index in [1.54, 1.807) is 6.07 Å². The summed E-state index contributed by atoms with van der Waals surface area (Å²) in [4.78, 5) is 18.5. The number of anilines is 1. The normalized spacial score (nSPS) is 31.7. The van der Waals surface area contributed by atoms with Gasteiger partial charge in [0, 0.05) is 55.8 Å². The monoisotopic (exact) mass is 741 g/mol. The Bertz CT molecular complexity index is 1700. The van der Waals surface area contributed by atoms with Gasteiger partial charge in [-0.25, -0.2) is 13.1 Å². The van der Waals surface area contributed by atoms with E-state index in [9.17, 15) is 13.2 Å². The Hall–Kier alpha value is -2.67. The van der Waals surface area contributed by atoms with E-state index in [4.69, 9.17) is 30.5 Å². The van der Waals surface area contributed by atoms with Crippen LogP contribution in [0.5, 0.6) is 5.75 Å². The molecule has 3 heterocycles. The number of carbonyl (C=O) groups is 1. The number of sulfonamides is 1. The van der Waals surface area contributed by atoms with Gasteiger partial charge in [0.15, 0.2) is 0 Å². The van der Waals surface area contributed by atoms with Crippen molar-refractivity contribution < 1.29 is 32.2 Å². The number of rotatable bonds is 6. The molecule has 2 fully saturated rings. The first-order valence-electron chi connectivity index (χ1n) is 18.7. The van der Waals surface area contributed by atoms with Gasteiger partial charge in [0.05, 0.1) is 44.3 Å². The molecule has 51 heavy (non-hydrogen) atoms. The highest BCUT2D eigenvalue weighted by Crippen LogP contribution is 2.47. The first-order chi connectivity index (χ1) is 24.7. The van der Waals surface area contributed by atoms with Crippen LogP contribution in [0.25, 0.3) is 0 Å². The zero-order chi connectivity index (χ0) is 35.6. The molecule has 7 rings (SSSR count). The molecule has 1 amide bonds. The zero-order valence-corrected chi connectivity index (χ0v) is 31.4. The van der Waals surface area contributed by atoms with E-state index >= 15 is 0 Å². The predicted octanol–water partition coefficient (Wildman–Crippen LogP) is 5.37. The van der Waals surface area contributed by atoms with Crippen molar-refractivity contribution in [2.45, 2.75) is 74.7 Å². The van der Waals surface area contributed by atoms with Crippen LogP contribution >= 0.6 is 11.6 Å². The number of hydrogen-bond acceptors (Lipinski definition) is 9. The van der Waals surface area contributed by atoms with Crippen LogP contribution in [-0.2, 0) is 36.1 Å². The molecule has 1 saturated heterocycles. The van der Waals surface area contributed by atoms with Crippen molar-refractivity contribution in [1.82, 2.24) is 9.62 Å². The third-order valence-electron chi connectivity index (χ3n) is 11.9. The van der Waals surface area contributed by atoms with Crippen LogP contribution in [0.15, 0.2) is 48.6 Å². The summed E-state index contributed by atoms with van der Waals surface area (Å²) < 4.78 is 54.5. The number of benzene rings is 2. The van der Waals surface area contributed by atoms with Crippen molar-refractivity contribution in [1.29, 1.82) is 0 Å². The quantitative estimate of drug-likeness (QED) is 0.392. The molecular formula is C39H52ClN3O7S. The van der Waals surface area contributed by atoms with Gasteiger partial charge in [0.1, 0.15) is 11.0 Å². The average Bonchev–Trinajstić information content (AvgIpc) is 3.26. The molecular weight excluding hydrogens is 690 g/mol. The molecule has 0 unspecified atom stereocenters. The zero-order valence-electron chi connectivity index (χ0n) is 29.9. The van der Waals surface area contributed by atoms with Gasteiger partial charge in [-0.05, 0) is 98.2 Å². The largest absolute Gasteiger partial charge is 0.490 e. The molecule has 12 heteroatoms. The number of hydrogen-bond donors (Lipinski definition) is 1. The number of ether oxygens (including phenoxy) is 4. The lowest BCUT2D eigenvalue weighted by molar-refractivity contribution is -0.0315. The van der Waals surface area contributed by atoms with Gasteiger partial charge in [0.25, 0.3) is 5.91 Å². The van der Waals surface area contributed by atoms with Crippen LogP contribution in [-0.4, -0.2) is 103 Å². The number of fused-ring (bicyclic) bond motifs is 4. The molecule has 3 aliphatic heterocycles. The van der Waals surface area contributed by atoms with Gasteiger partial charge in [0.2, 0.25) is 10.0 Å². The van der Waals surface area contributed by atoms with E-state index < -0.39 is 27.3 Å². The molecule has 10 nitrogen and oxygen atoms in total.